The smallest absolute Gasteiger partial charge is 0.341 e. The highest BCUT2D eigenvalue weighted by Gasteiger charge is 2.29. The second kappa shape index (κ2) is 8.48. The number of nitrogens with one attached hydrogen (secondary N) is 1. The number of hydrogen-bond donors (Lipinski definition) is 1. The average Bonchev–Trinajstić information content (AvgIpc) is 2.97. The lowest BCUT2D eigenvalue weighted by atomic mass is 9.88. The Hall–Kier alpha value is -1.79. The SMILES string of the molecule is COC(=O)c1c(NC(=O)c2ccc(SC(C)C)cc2)sc2c1CCC(C)C2. The predicted octanol–water partition coefficient (Wildman–Crippen LogP) is 5.41. The monoisotopic (exact) mass is 403 g/mol. The summed E-state index contributed by atoms with van der Waals surface area (Å²) < 4.78 is 4.98. The van der Waals surface area contributed by atoms with Crippen LogP contribution in [0.4, 0.5) is 5.00 Å². The molecule has 1 aliphatic rings. The molecule has 0 spiro atoms. The molecule has 3 rings (SSSR count). The third-order valence-corrected chi connectivity index (χ3v) is 6.80. The zero-order valence-corrected chi connectivity index (χ0v) is 17.8. The van der Waals surface area contributed by atoms with Crippen LogP contribution in [0.1, 0.15) is 58.3 Å². The molecule has 0 radical (unpaired) electrons. The fraction of sp³-hybridized carbons (Fsp3) is 0.429. The van der Waals surface area contributed by atoms with E-state index in [0.717, 1.165) is 29.7 Å². The van der Waals surface area contributed by atoms with Crippen LogP contribution in [0, 0.1) is 5.92 Å². The number of amides is 1. The van der Waals surface area contributed by atoms with Crippen LogP contribution >= 0.6 is 23.1 Å². The fourth-order valence-corrected chi connectivity index (χ4v) is 5.52. The van der Waals surface area contributed by atoms with Crippen molar-refractivity contribution in [3.63, 3.8) is 0 Å². The summed E-state index contributed by atoms with van der Waals surface area (Å²) in [7, 11) is 1.38. The number of thiophene rings is 1. The van der Waals surface area contributed by atoms with Gasteiger partial charge in [-0.3, -0.25) is 4.79 Å². The van der Waals surface area contributed by atoms with Gasteiger partial charge < -0.3 is 10.1 Å². The maximum absolute atomic E-state index is 12.7. The minimum absolute atomic E-state index is 0.201. The molecule has 0 saturated heterocycles. The topological polar surface area (TPSA) is 55.4 Å². The van der Waals surface area contributed by atoms with Crippen molar-refractivity contribution in [2.75, 3.05) is 12.4 Å². The first kappa shape index (κ1) is 20.0. The standard InChI is InChI=1S/C21H25NO3S2/c1-12(2)26-15-8-6-14(7-9-15)19(23)22-20-18(21(24)25-4)16-10-5-13(3)11-17(16)27-20/h6-9,12-13H,5,10-11H2,1-4H3,(H,22,23). The van der Waals surface area contributed by atoms with Crippen molar-refractivity contribution < 1.29 is 14.3 Å². The number of rotatable bonds is 5. The maximum Gasteiger partial charge on any atom is 0.341 e. The van der Waals surface area contributed by atoms with E-state index in [4.69, 9.17) is 4.74 Å². The molecular formula is C21H25NO3S2. The number of thioether (sulfide) groups is 1. The Labute approximate surface area is 168 Å². The van der Waals surface area contributed by atoms with Crippen molar-refractivity contribution in [2.24, 2.45) is 5.92 Å². The summed E-state index contributed by atoms with van der Waals surface area (Å²) in [4.78, 5) is 27.4. The zero-order chi connectivity index (χ0) is 19.6. The lowest BCUT2D eigenvalue weighted by Gasteiger charge is -2.18. The number of methoxy groups -OCH3 is 1. The number of ether oxygens (including phenoxy) is 1. The molecule has 0 fully saturated rings. The van der Waals surface area contributed by atoms with Gasteiger partial charge >= 0.3 is 5.97 Å². The Morgan fingerprint density at radius 1 is 1.26 bits per heavy atom. The quantitative estimate of drug-likeness (QED) is 0.535. The van der Waals surface area contributed by atoms with E-state index in [-0.39, 0.29) is 11.9 Å². The van der Waals surface area contributed by atoms with E-state index in [9.17, 15) is 9.59 Å². The number of esters is 1. The minimum Gasteiger partial charge on any atom is -0.465 e. The van der Waals surface area contributed by atoms with Crippen molar-refractivity contribution >= 4 is 40.0 Å². The van der Waals surface area contributed by atoms with Gasteiger partial charge in [-0.25, -0.2) is 4.79 Å². The minimum atomic E-state index is -0.374. The molecule has 0 aliphatic heterocycles. The molecule has 1 heterocycles. The van der Waals surface area contributed by atoms with Gasteiger partial charge in [-0.05, 0) is 55.0 Å². The van der Waals surface area contributed by atoms with Crippen LogP contribution in [-0.2, 0) is 17.6 Å². The van der Waals surface area contributed by atoms with Crippen LogP contribution < -0.4 is 5.32 Å². The van der Waals surface area contributed by atoms with Gasteiger partial charge in [-0.2, -0.15) is 0 Å². The summed E-state index contributed by atoms with van der Waals surface area (Å²) >= 11 is 3.27. The molecule has 6 heteroatoms. The molecule has 2 aromatic rings. The third kappa shape index (κ3) is 4.55. The van der Waals surface area contributed by atoms with Gasteiger partial charge in [0.15, 0.2) is 0 Å². The van der Waals surface area contributed by atoms with Crippen molar-refractivity contribution in [1.29, 1.82) is 0 Å². The molecule has 144 valence electrons. The molecule has 1 aromatic carbocycles. The Kier molecular flexibility index (Phi) is 6.27. The predicted molar refractivity (Wildman–Crippen MR) is 112 cm³/mol. The molecule has 4 nitrogen and oxygen atoms in total. The second-order valence-electron chi connectivity index (χ2n) is 7.19. The number of fused-ring (bicyclic) bond motifs is 1. The molecule has 1 aromatic heterocycles. The fourth-order valence-electron chi connectivity index (χ4n) is 3.29. The first-order chi connectivity index (χ1) is 12.9. The largest absolute Gasteiger partial charge is 0.465 e. The number of carbonyl (C=O) groups excluding carboxylic acids is 2. The summed E-state index contributed by atoms with van der Waals surface area (Å²) in [5.74, 6) is 0.0186. The normalized spacial score (nSPS) is 16.1. The Balaban J connectivity index is 1.84. The van der Waals surface area contributed by atoms with Gasteiger partial charge in [-0.1, -0.05) is 20.8 Å². The van der Waals surface area contributed by atoms with Gasteiger partial charge in [0.1, 0.15) is 5.00 Å². The highest BCUT2D eigenvalue weighted by atomic mass is 32.2. The first-order valence-electron chi connectivity index (χ1n) is 9.20. The van der Waals surface area contributed by atoms with Crippen LogP contribution in [0.2, 0.25) is 0 Å². The molecular weight excluding hydrogens is 378 g/mol. The van der Waals surface area contributed by atoms with E-state index in [1.807, 2.05) is 24.3 Å². The van der Waals surface area contributed by atoms with Crippen molar-refractivity contribution in [2.45, 2.75) is 50.2 Å². The summed E-state index contributed by atoms with van der Waals surface area (Å²) in [6, 6.07) is 7.57. The van der Waals surface area contributed by atoms with E-state index >= 15 is 0 Å². The number of benzene rings is 1. The summed E-state index contributed by atoms with van der Waals surface area (Å²) in [5, 5.41) is 4.04. The van der Waals surface area contributed by atoms with E-state index in [1.165, 1.54) is 23.3 Å². The molecule has 1 aliphatic carbocycles. The van der Waals surface area contributed by atoms with Gasteiger partial charge in [0.25, 0.3) is 5.91 Å². The molecule has 1 atom stereocenters. The van der Waals surface area contributed by atoms with Gasteiger partial charge in [-0.15, -0.1) is 23.1 Å². The van der Waals surface area contributed by atoms with Crippen LogP contribution in [0.25, 0.3) is 0 Å². The maximum atomic E-state index is 12.7. The lowest BCUT2D eigenvalue weighted by molar-refractivity contribution is 0.0601. The first-order valence-corrected chi connectivity index (χ1v) is 10.9. The van der Waals surface area contributed by atoms with Crippen LogP contribution in [0.15, 0.2) is 29.2 Å². The van der Waals surface area contributed by atoms with Crippen LogP contribution in [0.5, 0.6) is 0 Å². The number of anilines is 1. The lowest BCUT2D eigenvalue weighted by Crippen LogP contribution is -2.16. The molecule has 27 heavy (non-hydrogen) atoms. The van der Waals surface area contributed by atoms with Crippen molar-refractivity contribution in [3.05, 3.63) is 45.8 Å². The summed E-state index contributed by atoms with van der Waals surface area (Å²) in [5.41, 5.74) is 2.16. The van der Waals surface area contributed by atoms with Gasteiger partial charge in [0, 0.05) is 20.6 Å². The van der Waals surface area contributed by atoms with Gasteiger partial charge in [0.05, 0.1) is 12.7 Å². The molecule has 1 N–H and O–H groups in total. The van der Waals surface area contributed by atoms with Crippen molar-refractivity contribution in [3.8, 4) is 0 Å². The molecule has 0 bridgehead atoms. The highest BCUT2D eigenvalue weighted by Crippen LogP contribution is 2.40. The Morgan fingerprint density at radius 3 is 2.59 bits per heavy atom. The molecule has 1 amide bonds. The zero-order valence-electron chi connectivity index (χ0n) is 16.1. The summed E-state index contributed by atoms with van der Waals surface area (Å²) in [6.07, 6.45) is 2.85. The second-order valence-corrected chi connectivity index (χ2v) is 9.95. The highest BCUT2D eigenvalue weighted by molar-refractivity contribution is 7.99. The van der Waals surface area contributed by atoms with E-state index in [1.54, 1.807) is 11.8 Å². The van der Waals surface area contributed by atoms with E-state index in [2.05, 4.69) is 26.1 Å². The van der Waals surface area contributed by atoms with E-state index < -0.39 is 0 Å². The average molecular weight is 404 g/mol. The Bertz CT molecular complexity index is 840. The number of carbonyl (C=O) groups is 2. The molecule has 0 saturated carbocycles. The Morgan fingerprint density at radius 2 is 1.96 bits per heavy atom. The van der Waals surface area contributed by atoms with Crippen LogP contribution in [0.3, 0.4) is 0 Å². The van der Waals surface area contributed by atoms with Gasteiger partial charge in [0.2, 0.25) is 0 Å². The van der Waals surface area contributed by atoms with Crippen molar-refractivity contribution in [1.82, 2.24) is 0 Å². The molecule has 1 unspecified atom stereocenters. The third-order valence-electron chi connectivity index (χ3n) is 4.62. The van der Waals surface area contributed by atoms with E-state index in [0.29, 0.717) is 27.3 Å². The van der Waals surface area contributed by atoms with Crippen LogP contribution in [-0.4, -0.2) is 24.2 Å². The number of hydrogen-bond acceptors (Lipinski definition) is 5. The summed E-state index contributed by atoms with van der Waals surface area (Å²) in [6.45, 7) is 6.49.